The van der Waals surface area contributed by atoms with E-state index in [1.807, 2.05) is 13.2 Å². The number of hydrogen-bond donors (Lipinski definition) is 1. The second-order valence-corrected chi connectivity index (χ2v) is 5.88. The number of anilines is 1. The molecule has 0 bridgehead atoms. The lowest BCUT2D eigenvalue weighted by molar-refractivity contribution is -0.140. The highest BCUT2D eigenvalue weighted by atomic mass is 16.2. The minimum atomic E-state index is -0.109. The van der Waals surface area contributed by atoms with Crippen LogP contribution in [-0.2, 0) is 16.6 Å². The molecule has 0 aromatic carbocycles. The van der Waals surface area contributed by atoms with Crippen molar-refractivity contribution >= 4 is 17.5 Å². The van der Waals surface area contributed by atoms with Gasteiger partial charge in [-0.1, -0.05) is 6.42 Å². The van der Waals surface area contributed by atoms with Crippen LogP contribution < -0.4 is 10.6 Å². The third-order valence-electron chi connectivity index (χ3n) is 4.42. The van der Waals surface area contributed by atoms with Crippen LogP contribution in [0.15, 0.2) is 12.4 Å². The molecular weight excluding hydrogens is 270 g/mol. The number of amides is 2. The van der Waals surface area contributed by atoms with Gasteiger partial charge in [0.1, 0.15) is 6.54 Å². The van der Waals surface area contributed by atoms with E-state index < -0.39 is 0 Å². The number of nitrogens with two attached hydrogens (primary N) is 1. The van der Waals surface area contributed by atoms with Gasteiger partial charge in [0.05, 0.1) is 17.8 Å². The number of aromatic nitrogens is 2. The number of carbonyl (C=O) groups is 2. The Hall–Kier alpha value is -1.89. The van der Waals surface area contributed by atoms with Crippen LogP contribution in [0.4, 0.5) is 5.69 Å². The van der Waals surface area contributed by atoms with Crippen LogP contribution in [0.2, 0.25) is 0 Å². The molecule has 2 amide bonds. The fourth-order valence-corrected chi connectivity index (χ4v) is 3.21. The summed E-state index contributed by atoms with van der Waals surface area (Å²) in [4.78, 5) is 28.1. The monoisotopic (exact) mass is 291 g/mol. The van der Waals surface area contributed by atoms with Crippen molar-refractivity contribution in [2.75, 3.05) is 24.5 Å². The van der Waals surface area contributed by atoms with E-state index in [1.54, 1.807) is 20.7 Å². The molecule has 21 heavy (non-hydrogen) atoms. The first-order chi connectivity index (χ1) is 10.1. The third-order valence-corrected chi connectivity index (χ3v) is 4.42. The highest BCUT2D eigenvalue weighted by molar-refractivity contribution is 5.98. The van der Waals surface area contributed by atoms with Gasteiger partial charge >= 0.3 is 0 Å². The second kappa shape index (κ2) is 5.48. The highest BCUT2D eigenvalue weighted by Gasteiger charge is 2.36. The summed E-state index contributed by atoms with van der Waals surface area (Å²) >= 11 is 0. The predicted octanol–water partition coefficient (Wildman–Crippen LogP) is -0.277. The molecule has 2 fully saturated rings. The molecule has 1 aromatic rings. The van der Waals surface area contributed by atoms with Crippen LogP contribution in [0.5, 0.6) is 0 Å². The molecule has 0 unspecified atom stereocenters. The normalized spacial score (nSPS) is 26.5. The molecule has 1 aliphatic carbocycles. The van der Waals surface area contributed by atoms with Crippen molar-refractivity contribution in [3.05, 3.63) is 12.4 Å². The SMILES string of the molecule is Cn1cc(N2CCN(C(=O)[C@H]3CCC[C@@H]3N)CC2=O)cn1. The topological polar surface area (TPSA) is 84.5 Å². The molecule has 2 heterocycles. The van der Waals surface area contributed by atoms with Crippen molar-refractivity contribution in [1.82, 2.24) is 14.7 Å². The van der Waals surface area contributed by atoms with Crippen molar-refractivity contribution in [3.8, 4) is 0 Å². The minimum Gasteiger partial charge on any atom is -0.331 e. The maximum Gasteiger partial charge on any atom is 0.246 e. The molecular formula is C14H21N5O2. The fraction of sp³-hybridized carbons (Fsp3) is 0.643. The Morgan fingerprint density at radius 2 is 2.19 bits per heavy atom. The van der Waals surface area contributed by atoms with E-state index in [4.69, 9.17) is 5.73 Å². The van der Waals surface area contributed by atoms with Crippen molar-refractivity contribution in [3.63, 3.8) is 0 Å². The smallest absolute Gasteiger partial charge is 0.246 e. The standard InChI is InChI=1S/C14H21N5O2/c1-17-8-10(7-16-17)19-6-5-18(9-13(19)20)14(21)11-3-2-4-12(11)15/h7-8,11-12H,2-6,9,15H2,1H3/t11-,12-/m0/s1. The molecule has 2 aliphatic rings. The summed E-state index contributed by atoms with van der Waals surface area (Å²) in [6, 6.07) is -0.0519. The number of carbonyl (C=O) groups excluding carboxylic acids is 2. The zero-order valence-corrected chi connectivity index (χ0v) is 12.2. The molecule has 7 nitrogen and oxygen atoms in total. The van der Waals surface area contributed by atoms with Crippen LogP contribution >= 0.6 is 0 Å². The lowest BCUT2D eigenvalue weighted by Crippen LogP contribution is -2.54. The molecule has 1 saturated heterocycles. The van der Waals surface area contributed by atoms with Crippen molar-refractivity contribution in [2.24, 2.45) is 18.7 Å². The van der Waals surface area contributed by atoms with Gasteiger partial charge in [-0.2, -0.15) is 5.10 Å². The molecule has 3 rings (SSSR count). The van der Waals surface area contributed by atoms with Gasteiger partial charge in [0.15, 0.2) is 0 Å². The minimum absolute atomic E-state index is 0.0409. The van der Waals surface area contributed by atoms with E-state index >= 15 is 0 Å². The van der Waals surface area contributed by atoms with Gasteiger partial charge in [0.2, 0.25) is 11.8 Å². The van der Waals surface area contributed by atoms with E-state index in [-0.39, 0.29) is 30.3 Å². The van der Waals surface area contributed by atoms with Crippen molar-refractivity contribution in [2.45, 2.75) is 25.3 Å². The Labute approximate surface area is 123 Å². The first-order valence-corrected chi connectivity index (χ1v) is 7.39. The molecule has 2 N–H and O–H groups in total. The Bertz CT molecular complexity index is 555. The Kier molecular flexibility index (Phi) is 3.67. The average Bonchev–Trinajstić information content (AvgIpc) is 3.06. The molecule has 7 heteroatoms. The largest absolute Gasteiger partial charge is 0.331 e. The third kappa shape index (κ3) is 2.65. The van der Waals surface area contributed by atoms with Crippen LogP contribution in [-0.4, -0.2) is 52.2 Å². The lowest BCUT2D eigenvalue weighted by Gasteiger charge is -2.35. The van der Waals surface area contributed by atoms with Gasteiger partial charge in [-0.3, -0.25) is 14.3 Å². The van der Waals surface area contributed by atoms with Gasteiger partial charge in [0.25, 0.3) is 0 Å². The van der Waals surface area contributed by atoms with Gasteiger partial charge in [0, 0.05) is 32.4 Å². The number of hydrogen-bond acceptors (Lipinski definition) is 4. The number of nitrogens with zero attached hydrogens (tertiary/aromatic N) is 4. The maximum absolute atomic E-state index is 12.5. The molecule has 0 radical (unpaired) electrons. The second-order valence-electron chi connectivity index (χ2n) is 5.88. The summed E-state index contributed by atoms with van der Waals surface area (Å²) in [6.07, 6.45) is 6.22. The molecule has 1 aromatic heterocycles. The van der Waals surface area contributed by atoms with Gasteiger partial charge in [-0.05, 0) is 12.8 Å². The van der Waals surface area contributed by atoms with Crippen LogP contribution in [0.3, 0.4) is 0 Å². The predicted molar refractivity (Wildman–Crippen MR) is 77.5 cm³/mol. The Morgan fingerprint density at radius 1 is 1.38 bits per heavy atom. The van der Waals surface area contributed by atoms with Gasteiger partial charge in [-0.15, -0.1) is 0 Å². The van der Waals surface area contributed by atoms with Crippen LogP contribution in [0.25, 0.3) is 0 Å². The Morgan fingerprint density at radius 3 is 2.76 bits per heavy atom. The van der Waals surface area contributed by atoms with Crippen LogP contribution in [0, 0.1) is 5.92 Å². The Balaban J connectivity index is 1.65. The zero-order valence-electron chi connectivity index (χ0n) is 12.2. The van der Waals surface area contributed by atoms with E-state index in [2.05, 4.69) is 5.10 Å². The molecule has 0 spiro atoms. The van der Waals surface area contributed by atoms with E-state index in [9.17, 15) is 9.59 Å². The first-order valence-electron chi connectivity index (χ1n) is 7.39. The summed E-state index contributed by atoms with van der Waals surface area (Å²) in [5.74, 6) is -0.129. The summed E-state index contributed by atoms with van der Waals surface area (Å²) in [6.45, 7) is 1.21. The number of rotatable bonds is 2. The van der Waals surface area contributed by atoms with Gasteiger partial charge < -0.3 is 15.5 Å². The highest BCUT2D eigenvalue weighted by Crippen LogP contribution is 2.27. The summed E-state index contributed by atoms with van der Waals surface area (Å²) < 4.78 is 1.66. The van der Waals surface area contributed by atoms with Crippen molar-refractivity contribution < 1.29 is 9.59 Å². The summed E-state index contributed by atoms with van der Waals surface area (Å²) in [5.41, 5.74) is 6.77. The maximum atomic E-state index is 12.5. The quantitative estimate of drug-likeness (QED) is 0.812. The summed E-state index contributed by atoms with van der Waals surface area (Å²) in [7, 11) is 1.81. The molecule has 2 atom stereocenters. The van der Waals surface area contributed by atoms with Gasteiger partial charge in [-0.25, -0.2) is 0 Å². The molecule has 114 valence electrons. The average molecular weight is 291 g/mol. The first kappa shape index (κ1) is 14.1. The number of piperazine rings is 1. The molecule has 1 aliphatic heterocycles. The van der Waals surface area contributed by atoms with E-state index in [1.165, 1.54) is 0 Å². The lowest BCUT2D eigenvalue weighted by atomic mass is 10.0. The van der Waals surface area contributed by atoms with Crippen LogP contribution in [0.1, 0.15) is 19.3 Å². The summed E-state index contributed by atoms with van der Waals surface area (Å²) in [5, 5.41) is 4.08. The molecule has 1 saturated carbocycles. The van der Waals surface area contributed by atoms with E-state index in [0.29, 0.717) is 13.1 Å². The van der Waals surface area contributed by atoms with E-state index in [0.717, 1.165) is 24.9 Å². The zero-order chi connectivity index (χ0) is 15.0. The van der Waals surface area contributed by atoms with Crippen molar-refractivity contribution in [1.29, 1.82) is 0 Å². The fourth-order valence-electron chi connectivity index (χ4n) is 3.21. The number of aryl methyl sites for hydroxylation is 1.